The molecule has 0 atom stereocenters. The number of halogens is 2. The van der Waals surface area contributed by atoms with E-state index in [1.54, 1.807) is 0 Å². The van der Waals surface area contributed by atoms with Crippen molar-refractivity contribution in [3.05, 3.63) is 62.2 Å². The molecule has 0 spiro atoms. The van der Waals surface area contributed by atoms with Crippen LogP contribution in [0.2, 0.25) is 5.02 Å². The number of hydrogen-bond acceptors (Lipinski definition) is 2. The Morgan fingerprint density at radius 1 is 1.22 bits per heavy atom. The molecule has 0 aliphatic heterocycles. The Labute approximate surface area is 125 Å². The van der Waals surface area contributed by atoms with Crippen LogP contribution in [0.25, 0.3) is 0 Å². The summed E-state index contributed by atoms with van der Waals surface area (Å²) in [7, 11) is 0. The second-order valence-corrected chi connectivity index (χ2v) is 5.40. The Kier molecular flexibility index (Phi) is 4.45. The van der Waals surface area contributed by atoms with Gasteiger partial charge in [-0.05, 0) is 52.4 Å². The molecule has 0 unspecified atom stereocenters. The highest BCUT2D eigenvalue weighted by atomic mass is 127. The molecule has 1 N–H and O–H groups in total. The van der Waals surface area contributed by atoms with Crippen molar-refractivity contribution in [3.63, 3.8) is 0 Å². The molecule has 0 aliphatic rings. The van der Waals surface area contributed by atoms with E-state index >= 15 is 0 Å². The average Bonchev–Trinajstić information content (AvgIpc) is 2.38. The molecule has 2 aromatic carbocycles. The lowest BCUT2D eigenvalue weighted by Gasteiger charge is -2.09. The Morgan fingerprint density at radius 2 is 2.00 bits per heavy atom. The molecule has 4 heteroatoms. The zero-order chi connectivity index (χ0) is 13.0. The topological polar surface area (TPSA) is 35.8 Å². The first-order chi connectivity index (χ1) is 8.70. The molecule has 0 saturated heterocycles. The standard InChI is InChI=1S/C14H10ClIN2/c15-13-7-12(16)5-6-14(13)18-9-11-4-2-1-3-10(11)8-17/h1-7,18H,9H2. The molecule has 2 nitrogen and oxygen atoms in total. The second-order valence-electron chi connectivity index (χ2n) is 3.75. The van der Waals surface area contributed by atoms with E-state index in [9.17, 15) is 0 Å². The normalized spacial score (nSPS) is 9.83. The minimum Gasteiger partial charge on any atom is -0.380 e. The van der Waals surface area contributed by atoms with Gasteiger partial charge in [-0.15, -0.1) is 0 Å². The molecule has 18 heavy (non-hydrogen) atoms. The first kappa shape index (κ1) is 13.2. The van der Waals surface area contributed by atoms with E-state index in [4.69, 9.17) is 16.9 Å². The summed E-state index contributed by atoms with van der Waals surface area (Å²) in [6.45, 7) is 0.587. The van der Waals surface area contributed by atoms with Crippen molar-refractivity contribution in [1.82, 2.24) is 0 Å². The molecule has 0 heterocycles. The van der Waals surface area contributed by atoms with Gasteiger partial charge >= 0.3 is 0 Å². The lowest BCUT2D eigenvalue weighted by molar-refractivity contribution is 1.14. The fourth-order valence-electron chi connectivity index (χ4n) is 1.61. The van der Waals surface area contributed by atoms with Crippen LogP contribution in [-0.2, 0) is 6.54 Å². The highest BCUT2D eigenvalue weighted by Crippen LogP contribution is 2.24. The van der Waals surface area contributed by atoms with Gasteiger partial charge in [0.05, 0.1) is 22.3 Å². The summed E-state index contributed by atoms with van der Waals surface area (Å²) < 4.78 is 1.10. The van der Waals surface area contributed by atoms with Crippen LogP contribution >= 0.6 is 34.2 Å². The van der Waals surface area contributed by atoms with Crippen molar-refractivity contribution in [1.29, 1.82) is 5.26 Å². The third kappa shape index (κ3) is 3.15. The Hall–Kier alpha value is -1.25. The summed E-state index contributed by atoms with van der Waals surface area (Å²) in [5.74, 6) is 0. The number of hydrogen-bond donors (Lipinski definition) is 1. The van der Waals surface area contributed by atoms with Crippen LogP contribution in [0.15, 0.2) is 42.5 Å². The number of nitriles is 1. The predicted molar refractivity (Wildman–Crippen MR) is 82.7 cm³/mol. The van der Waals surface area contributed by atoms with Crippen LogP contribution in [0.4, 0.5) is 5.69 Å². The van der Waals surface area contributed by atoms with Gasteiger partial charge in [0.2, 0.25) is 0 Å². The van der Waals surface area contributed by atoms with Gasteiger partial charge in [-0.2, -0.15) is 5.26 Å². The maximum Gasteiger partial charge on any atom is 0.0995 e. The predicted octanol–water partition coefficient (Wildman–Crippen LogP) is 4.43. The molecule has 0 radical (unpaired) electrons. The summed E-state index contributed by atoms with van der Waals surface area (Å²) in [6.07, 6.45) is 0. The molecule has 0 saturated carbocycles. The maximum atomic E-state index is 9.00. The van der Waals surface area contributed by atoms with E-state index in [1.165, 1.54) is 0 Å². The number of benzene rings is 2. The van der Waals surface area contributed by atoms with Gasteiger partial charge in [0.15, 0.2) is 0 Å². The van der Waals surface area contributed by atoms with E-state index in [-0.39, 0.29) is 0 Å². The third-order valence-corrected chi connectivity index (χ3v) is 3.52. The average molecular weight is 369 g/mol. The molecule has 0 amide bonds. The van der Waals surface area contributed by atoms with Gasteiger partial charge in [-0.3, -0.25) is 0 Å². The highest BCUT2D eigenvalue weighted by molar-refractivity contribution is 14.1. The zero-order valence-electron chi connectivity index (χ0n) is 9.45. The Morgan fingerprint density at radius 3 is 2.72 bits per heavy atom. The third-order valence-electron chi connectivity index (χ3n) is 2.54. The van der Waals surface area contributed by atoms with E-state index in [0.29, 0.717) is 17.1 Å². The molecule has 0 aliphatic carbocycles. The first-order valence-corrected chi connectivity index (χ1v) is 6.83. The highest BCUT2D eigenvalue weighted by Gasteiger charge is 2.03. The van der Waals surface area contributed by atoms with E-state index < -0.39 is 0 Å². The summed E-state index contributed by atoms with van der Waals surface area (Å²) in [4.78, 5) is 0. The Bertz CT molecular complexity index is 605. The molecule has 90 valence electrons. The molecular weight excluding hydrogens is 359 g/mol. The summed E-state index contributed by atoms with van der Waals surface area (Å²) >= 11 is 8.36. The van der Waals surface area contributed by atoms with Crippen LogP contribution < -0.4 is 5.32 Å². The van der Waals surface area contributed by atoms with Crippen molar-refractivity contribution in [2.75, 3.05) is 5.32 Å². The van der Waals surface area contributed by atoms with Gasteiger partial charge in [0, 0.05) is 10.1 Å². The lowest BCUT2D eigenvalue weighted by Crippen LogP contribution is -2.02. The van der Waals surface area contributed by atoms with Crippen molar-refractivity contribution < 1.29 is 0 Å². The maximum absolute atomic E-state index is 9.00. The number of nitrogens with zero attached hydrogens (tertiary/aromatic N) is 1. The van der Waals surface area contributed by atoms with Crippen molar-refractivity contribution in [2.45, 2.75) is 6.54 Å². The summed E-state index contributed by atoms with van der Waals surface area (Å²) in [5, 5.41) is 12.9. The largest absolute Gasteiger partial charge is 0.380 e. The van der Waals surface area contributed by atoms with E-state index in [2.05, 4.69) is 34.0 Å². The van der Waals surface area contributed by atoms with Gasteiger partial charge in [-0.1, -0.05) is 29.8 Å². The zero-order valence-corrected chi connectivity index (χ0v) is 12.4. The minimum atomic E-state index is 0.587. The minimum absolute atomic E-state index is 0.587. The number of anilines is 1. The van der Waals surface area contributed by atoms with Crippen LogP contribution in [0.5, 0.6) is 0 Å². The van der Waals surface area contributed by atoms with Crippen molar-refractivity contribution in [3.8, 4) is 6.07 Å². The second kappa shape index (κ2) is 6.07. The molecule has 2 aromatic rings. The van der Waals surface area contributed by atoms with Crippen molar-refractivity contribution >= 4 is 39.9 Å². The van der Waals surface area contributed by atoms with Crippen LogP contribution in [0, 0.1) is 14.9 Å². The number of nitrogens with one attached hydrogen (secondary N) is 1. The van der Waals surface area contributed by atoms with Crippen LogP contribution in [-0.4, -0.2) is 0 Å². The van der Waals surface area contributed by atoms with Crippen LogP contribution in [0.1, 0.15) is 11.1 Å². The van der Waals surface area contributed by atoms with Gasteiger partial charge < -0.3 is 5.32 Å². The molecule has 0 fully saturated rings. The first-order valence-electron chi connectivity index (χ1n) is 5.37. The fraction of sp³-hybridized carbons (Fsp3) is 0.0714. The monoisotopic (exact) mass is 368 g/mol. The van der Waals surface area contributed by atoms with Gasteiger partial charge in [0.25, 0.3) is 0 Å². The molecular formula is C14H10ClIN2. The molecule has 2 rings (SSSR count). The lowest BCUT2D eigenvalue weighted by atomic mass is 10.1. The van der Waals surface area contributed by atoms with E-state index in [1.807, 2.05) is 42.5 Å². The van der Waals surface area contributed by atoms with Gasteiger partial charge in [-0.25, -0.2) is 0 Å². The summed E-state index contributed by atoms with van der Waals surface area (Å²) in [6, 6.07) is 15.6. The summed E-state index contributed by atoms with van der Waals surface area (Å²) in [5.41, 5.74) is 2.53. The number of rotatable bonds is 3. The molecule has 0 aromatic heterocycles. The quantitative estimate of drug-likeness (QED) is 0.814. The fourth-order valence-corrected chi connectivity index (χ4v) is 2.53. The van der Waals surface area contributed by atoms with Crippen LogP contribution in [0.3, 0.4) is 0 Å². The molecule has 0 bridgehead atoms. The Balaban J connectivity index is 2.14. The van der Waals surface area contributed by atoms with E-state index in [0.717, 1.165) is 14.8 Å². The van der Waals surface area contributed by atoms with Crippen molar-refractivity contribution in [2.24, 2.45) is 0 Å². The van der Waals surface area contributed by atoms with Gasteiger partial charge in [0.1, 0.15) is 0 Å². The SMILES string of the molecule is N#Cc1ccccc1CNc1ccc(I)cc1Cl. The smallest absolute Gasteiger partial charge is 0.0995 e.